The third-order valence-corrected chi connectivity index (χ3v) is 3.26. The van der Waals surface area contributed by atoms with Crippen LogP contribution in [-0.2, 0) is 0 Å². The maximum atomic E-state index is 5.17. The predicted octanol–water partition coefficient (Wildman–Crippen LogP) is 2.00. The van der Waals surface area contributed by atoms with E-state index in [9.17, 15) is 0 Å². The van der Waals surface area contributed by atoms with E-state index in [1.807, 2.05) is 13.0 Å². The van der Waals surface area contributed by atoms with Crippen LogP contribution in [0.1, 0.15) is 30.1 Å². The second kappa shape index (κ2) is 3.87. The number of nitrogens with one attached hydrogen (secondary N) is 1. The molecule has 1 saturated heterocycles. The number of piperidine rings is 1. The van der Waals surface area contributed by atoms with Crippen molar-refractivity contribution < 1.29 is 4.52 Å². The molecule has 1 aliphatic rings. The van der Waals surface area contributed by atoms with E-state index in [4.69, 9.17) is 4.52 Å². The molecule has 1 N–H and O–H groups in total. The van der Waals surface area contributed by atoms with Gasteiger partial charge in [-0.3, -0.25) is 0 Å². The number of pyridine rings is 1. The second-order valence-corrected chi connectivity index (χ2v) is 4.38. The van der Waals surface area contributed by atoms with Crippen molar-refractivity contribution >= 4 is 11.1 Å². The Morgan fingerprint density at radius 2 is 2.12 bits per heavy atom. The molecular formula is C12H15N3O. The van der Waals surface area contributed by atoms with Crippen molar-refractivity contribution in [2.45, 2.75) is 25.7 Å². The lowest BCUT2D eigenvalue weighted by atomic mass is 9.94. The van der Waals surface area contributed by atoms with Gasteiger partial charge in [-0.1, -0.05) is 5.16 Å². The van der Waals surface area contributed by atoms with Crippen molar-refractivity contribution in [3.63, 3.8) is 0 Å². The van der Waals surface area contributed by atoms with E-state index in [1.165, 1.54) is 18.5 Å². The molecule has 3 rings (SSSR count). The average Bonchev–Trinajstić information content (AvgIpc) is 2.72. The van der Waals surface area contributed by atoms with Crippen LogP contribution < -0.4 is 5.32 Å². The molecule has 4 heteroatoms. The molecule has 3 heterocycles. The van der Waals surface area contributed by atoms with Crippen LogP contribution in [0.3, 0.4) is 0 Å². The zero-order valence-corrected chi connectivity index (χ0v) is 9.36. The summed E-state index contributed by atoms with van der Waals surface area (Å²) in [6.07, 6.45) is 2.34. The van der Waals surface area contributed by atoms with Crippen LogP contribution in [0.2, 0.25) is 0 Å². The monoisotopic (exact) mass is 217 g/mol. The standard InChI is InChI=1S/C12H15N3O/c1-8-12-11(16-15-8)3-2-10(14-12)9-4-6-13-7-5-9/h2-3,9,13H,4-7H2,1H3. The van der Waals surface area contributed by atoms with Gasteiger partial charge in [0.15, 0.2) is 5.58 Å². The van der Waals surface area contributed by atoms with Crippen LogP contribution in [0.25, 0.3) is 11.1 Å². The fourth-order valence-electron chi connectivity index (χ4n) is 2.30. The molecule has 84 valence electrons. The second-order valence-electron chi connectivity index (χ2n) is 4.38. The van der Waals surface area contributed by atoms with Gasteiger partial charge >= 0.3 is 0 Å². The molecule has 2 aromatic heterocycles. The van der Waals surface area contributed by atoms with Crippen molar-refractivity contribution in [1.29, 1.82) is 0 Å². The molecule has 4 nitrogen and oxygen atoms in total. The first-order valence-electron chi connectivity index (χ1n) is 5.78. The SMILES string of the molecule is Cc1noc2ccc(C3CCNCC3)nc12. The molecule has 0 atom stereocenters. The lowest BCUT2D eigenvalue weighted by Gasteiger charge is -2.21. The number of fused-ring (bicyclic) bond motifs is 1. The summed E-state index contributed by atoms with van der Waals surface area (Å²) in [7, 11) is 0. The van der Waals surface area contributed by atoms with Crippen molar-refractivity contribution in [2.75, 3.05) is 13.1 Å². The number of rotatable bonds is 1. The molecule has 0 amide bonds. The molecule has 0 radical (unpaired) electrons. The summed E-state index contributed by atoms with van der Waals surface area (Å²) in [4.78, 5) is 4.67. The van der Waals surface area contributed by atoms with E-state index >= 15 is 0 Å². The van der Waals surface area contributed by atoms with Gasteiger partial charge in [0.25, 0.3) is 0 Å². The van der Waals surface area contributed by atoms with Gasteiger partial charge in [0.2, 0.25) is 0 Å². The quantitative estimate of drug-likeness (QED) is 0.793. The van der Waals surface area contributed by atoms with E-state index in [0.29, 0.717) is 5.92 Å². The number of hydrogen-bond acceptors (Lipinski definition) is 4. The maximum Gasteiger partial charge on any atom is 0.185 e. The Kier molecular flexibility index (Phi) is 2.36. The van der Waals surface area contributed by atoms with Gasteiger partial charge in [0.05, 0.1) is 0 Å². The van der Waals surface area contributed by atoms with Crippen molar-refractivity contribution in [1.82, 2.24) is 15.5 Å². The number of aryl methyl sites for hydroxylation is 1. The van der Waals surface area contributed by atoms with Crippen LogP contribution in [0.5, 0.6) is 0 Å². The van der Waals surface area contributed by atoms with Gasteiger partial charge in [-0.05, 0) is 45.0 Å². The van der Waals surface area contributed by atoms with Crippen molar-refractivity contribution in [2.24, 2.45) is 0 Å². The minimum atomic E-state index is 0.583. The summed E-state index contributed by atoms with van der Waals surface area (Å²) in [6.45, 7) is 4.12. The average molecular weight is 217 g/mol. The van der Waals surface area contributed by atoms with Gasteiger partial charge in [-0.2, -0.15) is 0 Å². The summed E-state index contributed by atoms with van der Waals surface area (Å²) in [6, 6.07) is 4.06. The molecule has 0 saturated carbocycles. The summed E-state index contributed by atoms with van der Waals surface area (Å²) in [5.41, 5.74) is 3.76. The molecule has 0 bridgehead atoms. The Morgan fingerprint density at radius 3 is 2.94 bits per heavy atom. The molecule has 0 unspecified atom stereocenters. The van der Waals surface area contributed by atoms with Gasteiger partial charge < -0.3 is 9.84 Å². The Bertz CT molecular complexity index is 500. The smallest absolute Gasteiger partial charge is 0.185 e. The maximum absolute atomic E-state index is 5.17. The fraction of sp³-hybridized carbons (Fsp3) is 0.500. The zero-order valence-electron chi connectivity index (χ0n) is 9.36. The van der Waals surface area contributed by atoms with E-state index in [-0.39, 0.29) is 0 Å². The Labute approximate surface area is 94.0 Å². The number of hydrogen-bond donors (Lipinski definition) is 1. The number of aromatic nitrogens is 2. The minimum Gasteiger partial charge on any atom is -0.354 e. The van der Waals surface area contributed by atoms with Crippen LogP contribution in [0.15, 0.2) is 16.7 Å². The molecular weight excluding hydrogens is 202 g/mol. The summed E-state index contributed by atoms with van der Waals surface area (Å²) >= 11 is 0. The zero-order chi connectivity index (χ0) is 11.0. The van der Waals surface area contributed by atoms with E-state index in [2.05, 4.69) is 21.5 Å². The minimum absolute atomic E-state index is 0.583. The highest BCUT2D eigenvalue weighted by molar-refractivity contribution is 5.74. The molecule has 1 fully saturated rings. The highest BCUT2D eigenvalue weighted by atomic mass is 16.5. The normalized spacial score (nSPS) is 18.1. The largest absolute Gasteiger partial charge is 0.354 e. The lowest BCUT2D eigenvalue weighted by Crippen LogP contribution is -2.27. The molecule has 0 spiro atoms. The van der Waals surface area contributed by atoms with E-state index in [1.54, 1.807) is 0 Å². The van der Waals surface area contributed by atoms with Crippen LogP contribution in [-0.4, -0.2) is 23.2 Å². The third kappa shape index (κ3) is 1.59. The first kappa shape index (κ1) is 9.78. The highest BCUT2D eigenvalue weighted by Gasteiger charge is 2.17. The van der Waals surface area contributed by atoms with Gasteiger partial charge in [-0.15, -0.1) is 0 Å². The highest BCUT2D eigenvalue weighted by Crippen LogP contribution is 2.26. The predicted molar refractivity (Wildman–Crippen MR) is 61.4 cm³/mol. The Hall–Kier alpha value is -1.42. The van der Waals surface area contributed by atoms with Crippen molar-refractivity contribution in [3.8, 4) is 0 Å². The van der Waals surface area contributed by atoms with Crippen LogP contribution in [0, 0.1) is 6.92 Å². The van der Waals surface area contributed by atoms with E-state index < -0.39 is 0 Å². The molecule has 0 aromatic carbocycles. The first-order chi connectivity index (χ1) is 7.84. The van der Waals surface area contributed by atoms with E-state index in [0.717, 1.165) is 29.9 Å². The molecule has 2 aromatic rings. The van der Waals surface area contributed by atoms with Gasteiger partial charge in [0.1, 0.15) is 11.2 Å². The molecule has 0 aliphatic carbocycles. The van der Waals surface area contributed by atoms with Crippen molar-refractivity contribution in [3.05, 3.63) is 23.5 Å². The summed E-state index contributed by atoms with van der Waals surface area (Å²) in [5, 5.41) is 7.30. The Balaban J connectivity index is 1.99. The van der Waals surface area contributed by atoms with Crippen LogP contribution in [0.4, 0.5) is 0 Å². The van der Waals surface area contributed by atoms with Gasteiger partial charge in [-0.25, -0.2) is 4.98 Å². The van der Waals surface area contributed by atoms with Crippen LogP contribution >= 0.6 is 0 Å². The molecule has 1 aliphatic heterocycles. The Morgan fingerprint density at radius 1 is 1.31 bits per heavy atom. The summed E-state index contributed by atoms with van der Waals surface area (Å²) in [5.74, 6) is 0.583. The lowest BCUT2D eigenvalue weighted by molar-refractivity contribution is 0.448. The number of nitrogens with zero attached hydrogens (tertiary/aromatic N) is 2. The summed E-state index contributed by atoms with van der Waals surface area (Å²) < 4.78 is 5.17. The first-order valence-corrected chi connectivity index (χ1v) is 5.78. The third-order valence-electron chi connectivity index (χ3n) is 3.26. The fourth-order valence-corrected chi connectivity index (χ4v) is 2.30. The topological polar surface area (TPSA) is 51.0 Å². The van der Waals surface area contributed by atoms with Gasteiger partial charge in [0, 0.05) is 11.6 Å². The molecule has 16 heavy (non-hydrogen) atoms.